The first kappa shape index (κ1) is 17.3. The van der Waals surface area contributed by atoms with Crippen LogP contribution in [0.5, 0.6) is 0 Å². The van der Waals surface area contributed by atoms with Gasteiger partial charge in [0.15, 0.2) is 0 Å². The standard InChI is InChI=1S/C21H21N3O3/c1-27-21(26)16-7-10-23(11-8-16)20(25)17-9-12-24-14-18(22-19(24)13-17)15-5-3-2-4-6-15/h2-6,9,12-14,16H,7-8,10-11H2,1H3. The van der Waals surface area contributed by atoms with Crippen molar-refractivity contribution < 1.29 is 14.3 Å². The minimum absolute atomic E-state index is 0.0231. The van der Waals surface area contributed by atoms with Crippen molar-refractivity contribution in [1.82, 2.24) is 14.3 Å². The Bertz CT molecular complexity index is 973. The van der Waals surface area contributed by atoms with E-state index in [0.29, 0.717) is 31.5 Å². The van der Waals surface area contributed by atoms with Crippen molar-refractivity contribution in [2.45, 2.75) is 12.8 Å². The fourth-order valence-electron chi connectivity index (χ4n) is 3.53. The number of methoxy groups -OCH3 is 1. The first-order chi connectivity index (χ1) is 13.2. The fraction of sp³-hybridized carbons (Fsp3) is 0.286. The van der Waals surface area contributed by atoms with Gasteiger partial charge in [-0.05, 0) is 25.0 Å². The molecule has 0 unspecified atom stereocenters. The van der Waals surface area contributed by atoms with E-state index in [2.05, 4.69) is 4.98 Å². The molecule has 0 bridgehead atoms. The predicted molar refractivity (Wildman–Crippen MR) is 101 cm³/mol. The second kappa shape index (κ2) is 7.23. The summed E-state index contributed by atoms with van der Waals surface area (Å²) in [5, 5.41) is 0. The van der Waals surface area contributed by atoms with Gasteiger partial charge in [-0.2, -0.15) is 0 Å². The molecule has 27 heavy (non-hydrogen) atoms. The average Bonchev–Trinajstić information content (AvgIpc) is 3.17. The molecule has 4 rings (SSSR count). The Morgan fingerprint density at radius 3 is 2.56 bits per heavy atom. The molecule has 6 heteroatoms. The molecule has 3 heterocycles. The third-order valence-electron chi connectivity index (χ3n) is 5.09. The zero-order valence-corrected chi connectivity index (χ0v) is 15.2. The van der Waals surface area contributed by atoms with Crippen LogP contribution in [0.15, 0.2) is 54.9 Å². The van der Waals surface area contributed by atoms with Crippen molar-refractivity contribution in [2.24, 2.45) is 5.92 Å². The number of rotatable bonds is 3. The number of benzene rings is 1. The van der Waals surface area contributed by atoms with E-state index >= 15 is 0 Å². The van der Waals surface area contributed by atoms with Gasteiger partial charge in [-0.3, -0.25) is 9.59 Å². The quantitative estimate of drug-likeness (QED) is 0.671. The van der Waals surface area contributed by atoms with Crippen LogP contribution in [0.3, 0.4) is 0 Å². The van der Waals surface area contributed by atoms with Gasteiger partial charge in [0.05, 0.1) is 18.7 Å². The molecule has 1 saturated heterocycles. The first-order valence-electron chi connectivity index (χ1n) is 9.07. The number of piperidine rings is 1. The van der Waals surface area contributed by atoms with Crippen LogP contribution in [-0.2, 0) is 9.53 Å². The maximum atomic E-state index is 12.8. The van der Waals surface area contributed by atoms with Crippen LogP contribution in [0, 0.1) is 5.92 Å². The zero-order chi connectivity index (χ0) is 18.8. The summed E-state index contributed by atoms with van der Waals surface area (Å²) in [6, 6.07) is 13.6. The van der Waals surface area contributed by atoms with Gasteiger partial charge in [0, 0.05) is 36.6 Å². The van der Waals surface area contributed by atoms with Crippen molar-refractivity contribution in [3.63, 3.8) is 0 Å². The maximum absolute atomic E-state index is 12.8. The molecule has 0 saturated carbocycles. The highest BCUT2D eigenvalue weighted by Crippen LogP contribution is 2.22. The monoisotopic (exact) mass is 363 g/mol. The lowest BCUT2D eigenvalue weighted by Crippen LogP contribution is -2.40. The smallest absolute Gasteiger partial charge is 0.308 e. The number of pyridine rings is 1. The summed E-state index contributed by atoms with van der Waals surface area (Å²) in [5.74, 6) is -0.318. The van der Waals surface area contributed by atoms with Crippen LogP contribution >= 0.6 is 0 Å². The summed E-state index contributed by atoms with van der Waals surface area (Å²) in [6.07, 6.45) is 5.11. The average molecular weight is 363 g/mol. The normalized spacial score (nSPS) is 15.1. The molecule has 1 aromatic carbocycles. The molecule has 1 fully saturated rings. The van der Waals surface area contributed by atoms with E-state index in [4.69, 9.17) is 4.74 Å². The van der Waals surface area contributed by atoms with Gasteiger partial charge in [0.25, 0.3) is 5.91 Å². The summed E-state index contributed by atoms with van der Waals surface area (Å²) in [4.78, 5) is 30.9. The molecule has 0 spiro atoms. The van der Waals surface area contributed by atoms with Gasteiger partial charge in [-0.1, -0.05) is 30.3 Å². The van der Waals surface area contributed by atoms with Crippen LogP contribution in [0.2, 0.25) is 0 Å². The van der Waals surface area contributed by atoms with E-state index in [0.717, 1.165) is 16.9 Å². The third-order valence-corrected chi connectivity index (χ3v) is 5.09. The van der Waals surface area contributed by atoms with Gasteiger partial charge >= 0.3 is 5.97 Å². The van der Waals surface area contributed by atoms with Gasteiger partial charge in [0.2, 0.25) is 0 Å². The number of carbonyl (C=O) groups excluding carboxylic acids is 2. The number of nitrogens with zero attached hydrogens (tertiary/aromatic N) is 3. The highest BCUT2D eigenvalue weighted by molar-refractivity contribution is 5.95. The lowest BCUT2D eigenvalue weighted by molar-refractivity contribution is -0.146. The summed E-state index contributed by atoms with van der Waals surface area (Å²) >= 11 is 0. The van der Waals surface area contributed by atoms with Crippen molar-refractivity contribution in [1.29, 1.82) is 0 Å². The van der Waals surface area contributed by atoms with Gasteiger partial charge in [-0.15, -0.1) is 0 Å². The van der Waals surface area contributed by atoms with Crippen LogP contribution in [0.25, 0.3) is 16.9 Å². The zero-order valence-electron chi connectivity index (χ0n) is 15.2. The molecule has 138 valence electrons. The number of hydrogen-bond donors (Lipinski definition) is 0. The molecule has 3 aromatic rings. The Balaban J connectivity index is 1.52. The number of esters is 1. The number of hydrogen-bond acceptors (Lipinski definition) is 4. The second-order valence-corrected chi connectivity index (χ2v) is 6.76. The largest absolute Gasteiger partial charge is 0.469 e. The minimum atomic E-state index is -0.186. The van der Waals surface area contributed by atoms with Gasteiger partial charge in [0.1, 0.15) is 5.65 Å². The summed E-state index contributed by atoms with van der Waals surface area (Å²) in [5.41, 5.74) is 3.27. The van der Waals surface area contributed by atoms with Crippen LogP contribution in [0.1, 0.15) is 23.2 Å². The minimum Gasteiger partial charge on any atom is -0.469 e. The molecule has 1 aliphatic rings. The lowest BCUT2D eigenvalue weighted by atomic mass is 9.96. The number of aromatic nitrogens is 2. The Morgan fingerprint density at radius 1 is 1.11 bits per heavy atom. The van der Waals surface area contributed by atoms with Gasteiger partial charge < -0.3 is 14.0 Å². The third kappa shape index (κ3) is 3.43. The van der Waals surface area contributed by atoms with Crippen molar-refractivity contribution in [3.8, 4) is 11.3 Å². The molecule has 0 atom stereocenters. The van der Waals surface area contributed by atoms with Crippen LogP contribution in [0.4, 0.5) is 0 Å². The highest BCUT2D eigenvalue weighted by Gasteiger charge is 2.28. The number of fused-ring (bicyclic) bond motifs is 1. The highest BCUT2D eigenvalue weighted by atomic mass is 16.5. The van der Waals surface area contributed by atoms with E-state index < -0.39 is 0 Å². The Labute approximate surface area is 157 Å². The van der Waals surface area contributed by atoms with E-state index in [1.807, 2.05) is 59.3 Å². The summed E-state index contributed by atoms with van der Waals surface area (Å²) < 4.78 is 6.72. The Hall–Kier alpha value is -3.15. The van der Waals surface area contributed by atoms with Crippen molar-refractivity contribution in [2.75, 3.05) is 20.2 Å². The number of carbonyl (C=O) groups is 2. The molecular weight excluding hydrogens is 342 g/mol. The molecule has 0 N–H and O–H groups in total. The molecule has 2 aromatic heterocycles. The first-order valence-corrected chi connectivity index (χ1v) is 9.07. The molecule has 1 amide bonds. The SMILES string of the molecule is COC(=O)C1CCN(C(=O)c2ccn3cc(-c4ccccc4)nc3c2)CC1. The van der Waals surface area contributed by atoms with E-state index in [1.54, 1.807) is 4.90 Å². The van der Waals surface area contributed by atoms with Crippen LogP contribution < -0.4 is 0 Å². The lowest BCUT2D eigenvalue weighted by Gasteiger charge is -2.30. The topological polar surface area (TPSA) is 63.9 Å². The summed E-state index contributed by atoms with van der Waals surface area (Å²) in [6.45, 7) is 1.13. The van der Waals surface area contributed by atoms with Crippen LogP contribution in [-0.4, -0.2) is 46.4 Å². The molecule has 0 radical (unpaired) electrons. The number of likely N-dealkylation sites (tertiary alicyclic amines) is 1. The molecular formula is C21H21N3O3. The summed E-state index contributed by atoms with van der Waals surface area (Å²) in [7, 11) is 1.41. The van der Waals surface area contributed by atoms with E-state index in [9.17, 15) is 9.59 Å². The molecule has 6 nitrogen and oxygen atoms in total. The van der Waals surface area contributed by atoms with E-state index in [-0.39, 0.29) is 17.8 Å². The van der Waals surface area contributed by atoms with Crippen molar-refractivity contribution >= 4 is 17.5 Å². The second-order valence-electron chi connectivity index (χ2n) is 6.76. The Kier molecular flexibility index (Phi) is 4.62. The Morgan fingerprint density at radius 2 is 1.85 bits per heavy atom. The number of imidazole rings is 1. The molecule has 0 aliphatic carbocycles. The van der Waals surface area contributed by atoms with Gasteiger partial charge in [-0.25, -0.2) is 4.98 Å². The fourth-order valence-corrected chi connectivity index (χ4v) is 3.53. The van der Waals surface area contributed by atoms with Crippen molar-refractivity contribution in [3.05, 3.63) is 60.4 Å². The predicted octanol–water partition coefficient (Wildman–Crippen LogP) is 3.03. The molecule has 1 aliphatic heterocycles. The number of amides is 1. The number of ether oxygens (including phenoxy) is 1. The van der Waals surface area contributed by atoms with E-state index in [1.165, 1.54) is 7.11 Å². The maximum Gasteiger partial charge on any atom is 0.308 e.